The number of rotatable bonds is 3. The molecule has 0 aliphatic rings. The third kappa shape index (κ3) is 2.63. The SMILES string of the molecule is Cc1csc(NC(=O)Cc2noc(C)n2)n1. The number of aryl methyl sites for hydroxylation is 2. The van der Waals surface area contributed by atoms with Crippen molar-refractivity contribution in [3.05, 3.63) is 22.8 Å². The lowest BCUT2D eigenvalue weighted by Crippen LogP contribution is -2.15. The van der Waals surface area contributed by atoms with Crippen molar-refractivity contribution in [2.24, 2.45) is 0 Å². The highest BCUT2D eigenvalue weighted by Gasteiger charge is 2.10. The maximum absolute atomic E-state index is 11.5. The van der Waals surface area contributed by atoms with Crippen LogP contribution in [-0.4, -0.2) is 21.0 Å². The summed E-state index contributed by atoms with van der Waals surface area (Å²) >= 11 is 1.39. The largest absolute Gasteiger partial charge is 0.340 e. The molecular weight excluding hydrogens is 228 g/mol. The van der Waals surface area contributed by atoms with E-state index in [-0.39, 0.29) is 12.3 Å². The molecule has 0 radical (unpaired) electrons. The van der Waals surface area contributed by atoms with Crippen molar-refractivity contribution in [3.63, 3.8) is 0 Å². The molecule has 0 aliphatic carbocycles. The predicted molar refractivity (Wildman–Crippen MR) is 58.2 cm³/mol. The summed E-state index contributed by atoms with van der Waals surface area (Å²) in [6, 6.07) is 0. The Morgan fingerprint density at radius 3 is 2.88 bits per heavy atom. The van der Waals surface area contributed by atoms with E-state index in [0.717, 1.165) is 5.69 Å². The summed E-state index contributed by atoms with van der Waals surface area (Å²) in [5.74, 6) is 0.631. The van der Waals surface area contributed by atoms with Crippen LogP contribution in [0.3, 0.4) is 0 Å². The highest BCUT2D eigenvalue weighted by Crippen LogP contribution is 2.14. The molecule has 1 N–H and O–H groups in total. The fraction of sp³-hybridized carbons (Fsp3) is 0.333. The molecule has 0 unspecified atom stereocenters. The Kier molecular flexibility index (Phi) is 2.95. The molecular formula is C9H10N4O2S. The number of hydrogen-bond acceptors (Lipinski definition) is 6. The second-order valence-electron chi connectivity index (χ2n) is 3.25. The number of anilines is 1. The van der Waals surface area contributed by atoms with E-state index in [1.165, 1.54) is 11.3 Å². The minimum Gasteiger partial charge on any atom is -0.340 e. The topological polar surface area (TPSA) is 80.9 Å². The maximum Gasteiger partial charge on any atom is 0.233 e. The minimum absolute atomic E-state index is 0.0932. The average molecular weight is 238 g/mol. The van der Waals surface area contributed by atoms with Crippen molar-refractivity contribution in [2.75, 3.05) is 5.32 Å². The number of nitrogens with one attached hydrogen (secondary N) is 1. The molecule has 6 nitrogen and oxygen atoms in total. The van der Waals surface area contributed by atoms with Crippen LogP contribution in [-0.2, 0) is 11.2 Å². The third-order valence-corrected chi connectivity index (χ3v) is 2.63. The summed E-state index contributed by atoms with van der Waals surface area (Å²) in [5, 5.41) is 8.76. The quantitative estimate of drug-likeness (QED) is 0.872. The molecule has 7 heteroatoms. The Bertz CT molecular complexity index is 461. The molecule has 0 fully saturated rings. The highest BCUT2D eigenvalue weighted by molar-refractivity contribution is 7.13. The van der Waals surface area contributed by atoms with E-state index in [1.807, 2.05) is 12.3 Å². The first-order valence-electron chi connectivity index (χ1n) is 4.64. The number of aromatic nitrogens is 3. The zero-order chi connectivity index (χ0) is 11.5. The Morgan fingerprint density at radius 1 is 1.50 bits per heavy atom. The molecule has 16 heavy (non-hydrogen) atoms. The second-order valence-corrected chi connectivity index (χ2v) is 4.11. The number of nitrogens with zero attached hydrogens (tertiary/aromatic N) is 3. The van der Waals surface area contributed by atoms with Gasteiger partial charge in [0.25, 0.3) is 0 Å². The van der Waals surface area contributed by atoms with E-state index >= 15 is 0 Å². The van der Waals surface area contributed by atoms with Gasteiger partial charge in [-0.3, -0.25) is 4.79 Å². The summed E-state index contributed by atoms with van der Waals surface area (Å²) in [6.07, 6.45) is 0.0932. The molecule has 2 aromatic rings. The first-order chi connectivity index (χ1) is 7.63. The van der Waals surface area contributed by atoms with Crippen molar-refractivity contribution < 1.29 is 9.32 Å². The fourth-order valence-corrected chi connectivity index (χ4v) is 1.84. The van der Waals surface area contributed by atoms with Gasteiger partial charge in [-0.1, -0.05) is 5.16 Å². The smallest absolute Gasteiger partial charge is 0.233 e. The number of hydrogen-bond donors (Lipinski definition) is 1. The molecule has 0 spiro atoms. The molecule has 0 aromatic carbocycles. The van der Waals surface area contributed by atoms with Gasteiger partial charge in [0.05, 0.1) is 12.1 Å². The zero-order valence-electron chi connectivity index (χ0n) is 8.85. The lowest BCUT2D eigenvalue weighted by atomic mass is 10.4. The maximum atomic E-state index is 11.5. The molecule has 2 rings (SSSR count). The number of thiazole rings is 1. The zero-order valence-corrected chi connectivity index (χ0v) is 9.67. The van der Waals surface area contributed by atoms with Gasteiger partial charge in [-0.05, 0) is 6.92 Å². The van der Waals surface area contributed by atoms with Gasteiger partial charge in [0.1, 0.15) is 0 Å². The van der Waals surface area contributed by atoms with Crippen LogP contribution in [0, 0.1) is 13.8 Å². The van der Waals surface area contributed by atoms with Crippen LogP contribution in [0.2, 0.25) is 0 Å². The first-order valence-corrected chi connectivity index (χ1v) is 5.52. The monoisotopic (exact) mass is 238 g/mol. The lowest BCUT2D eigenvalue weighted by molar-refractivity contribution is -0.115. The summed E-state index contributed by atoms with van der Waals surface area (Å²) in [4.78, 5) is 19.6. The molecule has 2 aromatic heterocycles. The number of carbonyl (C=O) groups is 1. The molecule has 84 valence electrons. The van der Waals surface area contributed by atoms with Crippen molar-refractivity contribution >= 4 is 22.4 Å². The summed E-state index contributed by atoms with van der Waals surface area (Å²) < 4.78 is 4.77. The lowest BCUT2D eigenvalue weighted by Gasteiger charge is -1.97. The molecule has 2 heterocycles. The van der Waals surface area contributed by atoms with Gasteiger partial charge in [0, 0.05) is 12.3 Å². The van der Waals surface area contributed by atoms with Gasteiger partial charge >= 0.3 is 0 Å². The Balaban J connectivity index is 1.94. The molecule has 0 atom stereocenters. The summed E-state index contributed by atoms with van der Waals surface area (Å²) in [6.45, 7) is 3.55. The van der Waals surface area contributed by atoms with Crippen LogP contribution in [0.5, 0.6) is 0 Å². The van der Waals surface area contributed by atoms with Crippen molar-refractivity contribution in [1.82, 2.24) is 15.1 Å². The van der Waals surface area contributed by atoms with E-state index in [2.05, 4.69) is 20.4 Å². The standard InChI is InChI=1S/C9H10N4O2S/c1-5-4-16-9(10-5)12-8(14)3-7-11-6(2)15-13-7/h4H,3H2,1-2H3,(H,10,12,14). The molecule has 1 amide bonds. The van der Waals surface area contributed by atoms with Crippen molar-refractivity contribution in [3.8, 4) is 0 Å². The number of amides is 1. The molecule has 0 aliphatic heterocycles. The Morgan fingerprint density at radius 2 is 2.31 bits per heavy atom. The van der Waals surface area contributed by atoms with Crippen LogP contribution in [0.15, 0.2) is 9.90 Å². The van der Waals surface area contributed by atoms with Gasteiger partial charge in [-0.15, -0.1) is 11.3 Å². The predicted octanol–water partition coefficient (Wildman–Crippen LogP) is 1.32. The average Bonchev–Trinajstić information content (AvgIpc) is 2.76. The van der Waals surface area contributed by atoms with E-state index < -0.39 is 0 Å². The molecule has 0 bridgehead atoms. The van der Waals surface area contributed by atoms with Gasteiger partial charge in [0.2, 0.25) is 11.8 Å². The van der Waals surface area contributed by atoms with Crippen LogP contribution in [0.25, 0.3) is 0 Å². The van der Waals surface area contributed by atoms with E-state index in [1.54, 1.807) is 6.92 Å². The normalized spacial score (nSPS) is 10.4. The van der Waals surface area contributed by atoms with Gasteiger partial charge in [-0.25, -0.2) is 4.98 Å². The molecule has 0 saturated heterocycles. The van der Waals surface area contributed by atoms with Gasteiger partial charge in [0.15, 0.2) is 11.0 Å². The summed E-state index contributed by atoms with van der Waals surface area (Å²) in [5.41, 5.74) is 0.885. The van der Waals surface area contributed by atoms with Crippen LogP contribution in [0.4, 0.5) is 5.13 Å². The minimum atomic E-state index is -0.199. The summed E-state index contributed by atoms with van der Waals surface area (Å²) in [7, 11) is 0. The third-order valence-electron chi connectivity index (χ3n) is 1.75. The van der Waals surface area contributed by atoms with E-state index in [0.29, 0.717) is 16.8 Å². The second kappa shape index (κ2) is 4.40. The van der Waals surface area contributed by atoms with Gasteiger partial charge < -0.3 is 9.84 Å². The van der Waals surface area contributed by atoms with Crippen molar-refractivity contribution in [1.29, 1.82) is 0 Å². The van der Waals surface area contributed by atoms with Crippen LogP contribution >= 0.6 is 11.3 Å². The fourth-order valence-electron chi connectivity index (χ4n) is 1.13. The molecule has 0 saturated carbocycles. The first kappa shape index (κ1) is 10.7. The van der Waals surface area contributed by atoms with Crippen LogP contribution in [0.1, 0.15) is 17.4 Å². The van der Waals surface area contributed by atoms with Gasteiger partial charge in [-0.2, -0.15) is 4.98 Å². The van der Waals surface area contributed by atoms with Crippen molar-refractivity contribution in [2.45, 2.75) is 20.3 Å². The Labute approximate surface area is 95.7 Å². The number of carbonyl (C=O) groups excluding carboxylic acids is 1. The van der Waals surface area contributed by atoms with E-state index in [9.17, 15) is 4.79 Å². The van der Waals surface area contributed by atoms with E-state index in [4.69, 9.17) is 4.52 Å². The highest BCUT2D eigenvalue weighted by atomic mass is 32.1. The van der Waals surface area contributed by atoms with Crippen LogP contribution < -0.4 is 5.32 Å². The Hall–Kier alpha value is -1.76.